The van der Waals surface area contributed by atoms with E-state index in [1.807, 2.05) is 0 Å². The number of hydrogen-bond acceptors (Lipinski definition) is 9. The highest BCUT2D eigenvalue weighted by atomic mass is 35.5. The Morgan fingerprint density at radius 2 is 1.76 bits per heavy atom. The number of hydrogen-bond donors (Lipinski definition) is 6. The van der Waals surface area contributed by atoms with Gasteiger partial charge in [-0.25, -0.2) is 0 Å². The number of fused-ring (bicyclic) bond motifs is 3. The molecule has 0 bridgehead atoms. The number of aliphatic hydroxyl groups excluding tert-OH is 2. The van der Waals surface area contributed by atoms with Crippen molar-refractivity contribution in [2.75, 3.05) is 25.3 Å². The third-order valence-corrected chi connectivity index (χ3v) is 8.45. The number of amides is 2. The van der Waals surface area contributed by atoms with Crippen LogP contribution in [-0.2, 0) is 25.6 Å². The van der Waals surface area contributed by atoms with Gasteiger partial charge in [0.2, 0.25) is 11.7 Å². The summed E-state index contributed by atoms with van der Waals surface area (Å²) in [6, 6.07) is 8.71. The fourth-order valence-electron chi connectivity index (χ4n) is 6.44. The number of halogens is 1. The van der Waals surface area contributed by atoms with Crippen LogP contribution in [-0.4, -0.2) is 80.3 Å². The maximum Gasteiger partial charge on any atom is 0.255 e. The molecule has 41 heavy (non-hydrogen) atoms. The highest BCUT2D eigenvalue weighted by Gasteiger charge is 2.64. The van der Waals surface area contributed by atoms with Crippen molar-refractivity contribution in [3.63, 3.8) is 0 Å². The summed E-state index contributed by atoms with van der Waals surface area (Å²) in [7, 11) is 3.09. The Hall–Kier alpha value is -4.19. The zero-order valence-electron chi connectivity index (χ0n) is 22.1. The molecule has 0 saturated heterocycles. The van der Waals surface area contributed by atoms with Crippen molar-refractivity contribution in [1.82, 2.24) is 4.90 Å². The van der Waals surface area contributed by atoms with Gasteiger partial charge in [0.25, 0.3) is 5.91 Å². The average Bonchev–Trinajstić information content (AvgIpc) is 2.91. The molecule has 2 aromatic rings. The fraction of sp³-hybridized carbons (Fsp3) is 0.310. The first-order valence-corrected chi connectivity index (χ1v) is 13.3. The number of primary amides is 1. The molecule has 1 fully saturated rings. The van der Waals surface area contributed by atoms with Gasteiger partial charge in [-0.3, -0.25) is 24.1 Å². The van der Waals surface area contributed by atoms with Gasteiger partial charge in [0.1, 0.15) is 28.7 Å². The standard InChI is InChI=1S/C29H28ClN3O8/c1-33(2)23-17-10-13-9-16-15(12-3-5-14(6-4-12)32-19(35)11-30)7-8-18(34)21(16)24(36)20(13)26(38)29(17,41)27(39)22(25(23)37)28(31)40/h3-8,13,17,23,34,36,39,41H,9-11H2,1-2H3,(H2,31,40)(H,32,35)/t13-,17-,23?,29-/m0/s1. The van der Waals surface area contributed by atoms with Crippen molar-refractivity contribution >= 4 is 46.4 Å². The zero-order valence-corrected chi connectivity index (χ0v) is 22.9. The molecule has 2 aromatic carbocycles. The van der Waals surface area contributed by atoms with Crippen LogP contribution in [0.15, 0.2) is 53.3 Å². The summed E-state index contributed by atoms with van der Waals surface area (Å²) < 4.78 is 0. The number of alkyl halides is 1. The van der Waals surface area contributed by atoms with Gasteiger partial charge in [-0.1, -0.05) is 18.2 Å². The zero-order chi connectivity index (χ0) is 30.0. The topological polar surface area (TPSA) is 190 Å². The first-order chi connectivity index (χ1) is 19.3. The minimum atomic E-state index is -2.69. The lowest BCUT2D eigenvalue weighted by molar-refractivity contribution is -0.153. The molecule has 4 atom stereocenters. The molecule has 2 amide bonds. The number of aromatic hydroxyl groups is 1. The Bertz CT molecular complexity index is 1580. The second kappa shape index (κ2) is 10.0. The molecule has 1 saturated carbocycles. The van der Waals surface area contributed by atoms with Gasteiger partial charge in [-0.2, -0.15) is 0 Å². The number of nitrogens with zero attached hydrogens (tertiary/aromatic N) is 1. The van der Waals surface area contributed by atoms with E-state index < -0.39 is 58.0 Å². The molecule has 0 heterocycles. The second-order valence-electron chi connectivity index (χ2n) is 10.7. The van der Waals surface area contributed by atoms with Crippen molar-refractivity contribution in [3.05, 3.63) is 64.4 Å². The number of carbonyl (C=O) groups excluding carboxylic acids is 4. The number of aliphatic hydroxyl groups is 3. The number of benzene rings is 2. The van der Waals surface area contributed by atoms with Gasteiger partial charge in [-0.15, -0.1) is 11.6 Å². The summed E-state index contributed by atoms with van der Waals surface area (Å²) in [4.78, 5) is 52.4. The number of Topliss-reactive ketones (excluding diaryl/α,β-unsaturated/α-hetero) is 2. The highest BCUT2D eigenvalue weighted by molar-refractivity contribution is 6.29. The maximum absolute atomic E-state index is 13.9. The van der Waals surface area contributed by atoms with Crippen LogP contribution in [0.4, 0.5) is 5.69 Å². The largest absolute Gasteiger partial charge is 0.508 e. The van der Waals surface area contributed by atoms with Gasteiger partial charge in [0, 0.05) is 17.2 Å². The number of nitrogens with two attached hydrogens (primary N) is 1. The van der Waals surface area contributed by atoms with Gasteiger partial charge in [0.15, 0.2) is 11.4 Å². The number of likely N-dealkylation sites (N-methyl/N-ethyl adjacent to an activating group) is 1. The Morgan fingerprint density at radius 3 is 2.34 bits per heavy atom. The molecule has 1 unspecified atom stereocenters. The SMILES string of the molecule is CN(C)C1C(=O)C(C(N)=O)=C(O)[C@@]2(O)C(=O)C3=C(O)c4c(O)ccc(-c5ccc(NC(=O)CCl)cc5)c4C[C@H]3C[C@@H]12. The van der Waals surface area contributed by atoms with Gasteiger partial charge in [-0.05, 0) is 67.7 Å². The van der Waals surface area contributed by atoms with E-state index in [-0.39, 0.29) is 41.5 Å². The lowest BCUT2D eigenvalue weighted by atomic mass is 9.57. The summed E-state index contributed by atoms with van der Waals surface area (Å²) in [6.45, 7) is 0. The number of phenolic OH excluding ortho intramolecular Hbond substituents is 1. The summed E-state index contributed by atoms with van der Waals surface area (Å²) in [6.07, 6.45) is 0.146. The minimum Gasteiger partial charge on any atom is -0.508 e. The smallest absolute Gasteiger partial charge is 0.255 e. The third-order valence-electron chi connectivity index (χ3n) is 8.21. The predicted octanol–water partition coefficient (Wildman–Crippen LogP) is 1.81. The molecule has 0 spiro atoms. The van der Waals surface area contributed by atoms with Crippen molar-refractivity contribution in [2.24, 2.45) is 17.6 Å². The Balaban J connectivity index is 1.65. The van der Waals surface area contributed by atoms with Gasteiger partial charge in [0.05, 0.1) is 11.6 Å². The molecule has 7 N–H and O–H groups in total. The predicted molar refractivity (Wildman–Crippen MR) is 149 cm³/mol. The Labute approximate surface area is 239 Å². The molecule has 11 nitrogen and oxygen atoms in total. The van der Waals surface area contributed by atoms with Crippen molar-refractivity contribution < 1.29 is 39.6 Å². The number of phenols is 1. The quantitative estimate of drug-likeness (QED) is 0.226. The average molecular weight is 582 g/mol. The lowest BCUT2D eigenvalue weighted by Crippen LogP contribution is -2.65. The molecule has 12 heteroatoms. The number of carbonyl (C=O) groups is 4. The molecule has 214 valence electrons. The molecular formula is C29H28ClN3O8. The monoisotopic (exact) mass is 581 g/mol. The van der Waals surface area contributed by atoms with Crippen LogP contribution >= 0.6 is 11.6 Å². The molecular weight excluding hydrogens is 554 g/mol. The van der Waals surface area contributed by atoms with Gasteiger partial charge >= 0.3 is 0 Å². The van der Waals surface area contributed by atoms with Crippen LogP contribution < -0.4 is 11.1 Å². The van der Waals surface area contributed by atoms with Gasteiger partial charge < -0.3 is 31.5 Å². The van der Waals surface area contributed by atoms with E-state index in [1.54, 1.807) is 44.4 Å². The highest BCUT2D eigenvalue weighted by Crippen LogP contribution is 2.53. The van der Waals surface area contributed by atoms with Crippen LogP contribution in [0.2, 0.25) is 0 Å². The maximum atomic E-state index is 13.9. The van der Waals surface area contributed by atoms with E-state index in [1.165, 1.54) is 11.0 Å². The molecule has 0 aromatic heterocycles. The van der Waals surface area contributed by atoms with Crippen LogP contribution in [0.3, 0.4) is 0 Å². The number of anilines is 1. The summed E-state index contributed by atoms with van der Waals surface area (Å²) in [5.74, 6) is -7.59. The van der Waals surface area contributed by atoms with Crippen LogP contribution in [0.5, 0.6) is 5.75 Å². The summed E-state index contributed by atoms with van der Waals surface area (Å²) in [5, 5.41) is 47.4. The Kier molecular flexibility index (Phi) is 6.93. The number of ketones is 2. The molecule has 0 aliphatic heterocycles. The van der Waals surface area contributed by atoms with E-state index in [0.29, 0.717) is 22.4 Å². The molecule has 0 radical (unpaired) electrons. The Morgan fingerprint density at radius 1 is 1.10 bits per heavy atom. The van der Waals surface area contributed by atoms with Crippen molar-refractivity contribution in [3.8, 4) is 16.9 Å². The van der Waals surface area contributed by atoms with E-state index in [4.69, 9.17) is 17.3 Å². The number of nitrogens with one attached hydrogen (secondary N) is 1. The first-order valence-electron chi connectivity index (χ1n) is 12.8. The van der Waals surface area contributed by atoms with Crippen molar-refractivity contribution in [2.45, 2.75) is 24.5 Å². The van der Waals surface area contributed by atoms with E-state index in [0.717, 1.165) is 0 Å². The van der Waals surface area contributed by atoms with E-state index >= 15 is 0 Å². The molecule has 3 aliphatic rings. The second-order valence-corrected chi connectivity index (χ2v) is 11.0. The first kappa shape index (κ1) is 28.3. The van der Waals surface area contributed by atoms with E-state index in [9.17, 15) is 39.6 Å². The third kappa shape index (κ3) is 4.19. The number of rotatable bonds is 5. The lowest BCUT2D eigenvalue weighted by Gasteiger charge is -2.50. The molecule has 5 rings (SSSR count). The summed E-state index contributed by atoms with van der Waals surface area (Å²) in [5.41, 5.74) is 3.98. The van der Waals surface area contributed by atoms with Crippen molar-refractivity contribution in [1.29, 1.82) is 0 Å². The minimum absolute atomic E-state index is 0.00157. The van der Waals surface area contributed by atoms with Crippen LogP contribution in [0.1, 0.15) is 17.5 Å². The van der Waals surface area contributed by atoms with Crippen LogP contribution in [0.25, 0.3) is 16.9 Å². The fourth-order valence-corrected chi connectivity index (χ4v) is 6.51. The molecule has 3 aliphatic carbocycles. The van der Waals surface area contributed by atoms with Crippen LogP contribution in [0, 0.1) is 11.8 Å². The summed E-state index contributed by atoms with van der Waals surface area (Å²) >= 11 is 5.56. The normalized spacial score (nSPS) is 25.5. The van der Waals surface area contributed by atoms with E-state index in [2.05, 4.69) is 5.32 Å².